The van der Waals surface area contributed by atoms with E-state index < -0.39 is 6.43 Å². The van der Waals surface area contributed by atoms with Gasteiger partial charge in [0, 0.05) is 13.0 Å². The fourth-order valence-electron chi connectivity index (χ4n) is 7.41. The van der Waals surface area contributed by atoms with Crippen LogP contribution >= 0.6 is 0 Å². The van der Waals surface area contributed by atoms with Gasteiger partial charge in [0.05, 0.1) is 6.10 Å². The lowest BCUT2D eigenvalue weighted by atomic mass is 9.63. The van der Waals surface area contributed by atoms with Gasteiger partial charge in [0.2, 0.25) is 6.43 Å². The number of hydrogen-bond acceptors (Lipinski definition) is 2. The monoisotopic (exact) mass is 435 g/mol. The summed E-state index contributed by atoms with van der Waals surface area (Å²) in [6, 6.07) is 0. The van der Waals surface area contributed by atoms with Gasteiger partial charge in [-0.05, 0) is 113 Å². The van der Waals surface area contributed by atoms with Crippen molar-refractivity contribution in [2.24, 2.45) is 23.2 Å². The van der Waals surface area contributed by atoms with Gasteiger partial charge < -0.3 is 10.0 Å². The summed E-state index contributed by atoms with van der Waals surface area (Å²) in [5.41, 5.74) is 3.49. The molecular weight excluding hydrogens is 392 g/mol. The van der Waals surface area contributed by atoms with E-state index in [-0.39, 0.29) is 18.4 Å². The van der Waals surface area contributed by atoms with E-state index in [1.165, 1.54) is 44.1 Å². The lowest BCUT2D eigenvalue weighted by Gasteiger charge is -2.43. The first-order chi connectivity index (χ1) is 14.9. The first-order valence-corrected chi connectivity index (χ1v) is 13.0. The molecular formula is C27H43F2NO. The quantitative estimate of drug-likeness (QED) is 0.499. The van der Waals surface area contributed by atoms with E-state index in [1.54, 1.807) is 5.57 Å². The zero-order valence-corrected chi connectivity index (χ0v) is 19.5. The Labute approximate surface area is 188 Å². The predicted molar refractivity (Wildman–Crippen MR) is 123 cm³/mol. The molecule has 2 nitrogen and oxygen atoms in total. The van der Waals surface area contributed by atoms with Crippen LogP contribution in [0.4, 0.5) is 8.78 Å². The van der Waals surface area contributed by atoms with E-state index in [0.29, 0.717) is 11.3 Å². The lowest BCUT2D eigenvalue weighted by molar-refractivity contribution is 0.0713. The molecule has 0 aromatic heterocycles. The van der Waals surface area contributed by atoms with Crippen LogP contribution in [-0.4, -0.2) is 42.2 Å². The van der Waals surface area contributed by atoms with Crippen molar-refractivity contribution in [1.29, 1.82) is 0 Å². The summed E-state index contributed by atoms with van der Waals surface area (Å²) in [6.07, 6.45) is 16.4. The molecule has 3 saturated carbocycles. The number of nitrogens with zero attached hydrogens (tertiary/aromatic N) is 1. The summed E-state index contributed by atoms with van der Waals surface area (Å²) in [4.78, 5) is 2.48. The number of hydrogen-bond donors (Lipinski definition) is 1. The smallest absolute Gasteiger partial charge is 0.238 e. The Morgan fingerprint density at radius 3 is 2.77 bits per heavy atom. The van der Waals surface area contributed by atoms with E-state index in [0.717, 1.165) is 64.1 Å². The van der Waals surface area contributed by atoms with E-state index in [9.17, 15) is 13.9 Å². The highest BCUT2D eigenvalue weighted by molar-refractivity contribution is 5.25. The third-order valence-corrected chi connectivity index (χ3v) is 9.14. The first-order valence-electron chi connectivity index (χ1n) is 13.0. The molecule has 1 aliphatic heterocycles. The molecule has 4 rings (SSSR count). The van der Waals surface area contributed by atoms with Crippen LogP contribution in [0.15, 0.2) is 23.3 Å². The van der Waals surface area contributed by atoms with Crippen LogP contribution in [0, 0.1) is 23.2 Å². The third kappa shape index (κ3) is 5.79. The van der Waals surface area contributed by atoms with Gasteiger partial charge >= 0.3 is 0 Å². The number of likely N-dealkylation sites (tertiary alicyclic amines) is 1. The van der Waals surface area contributed by atoms with Crippen molar-refractivity contribution >= 4 is 0 Å². The van der Waals surface area contributed by atoms with Crippen LogP contribution in [0.25, 0.3) is 0 Å². The Morgan fingerprint density at radius 2 is 1.97 bits per heavy atom. The standard InChI is InChI=1S/C27H43F2NO/c1-27-14-3-7-22(10-9-20-5-2-8-24(31)17-20)25(27)12-11-23(27)13-16-30-15-4-6-21(19-30)18-26(28)29/h9-10,21,23-26,31H,2-8,11-19H2,1H3/b20-9-,22-10+/t21-,23-,24?,25?,27?/m1/s1. The summed E-state index contributed by atoms with van der Waals surface area (Å²) in [7, 11) is 0. The van der Waals surface area contributed by atoms with E-state index in [4.69, 9.17) is 0 Å². The maximum Gasteiger partial charge on any atom is 0.238 e. The Hall–Kier alpha value is -0.740. The summed E-state index contributed by atoms with van der Waals surface area (Å²) >= 11 is 0. The molecule has 0 amide bonds. The number of fused-ring (bicyclic) bond motifs is 1. The minimum atomic E-state index is -2.15. The molecule has 4 heteroatoms. The predicted octanol–water partition coefficient (Wildman–Crippen LogP) is 6.75. The van der Waals surface area contributed by atoms with Gasteiger partial charge in [-0.2, -0.15) is 0 Å². The lowest BCUT2D eigenvalue weighted by Crippen LogP contribution is -2.39. The second kappa shape index (κ2) is 10.5. The van der Waals surface area contributed by atoms with Gasteiger partial charge in [-0.3, -0.25) is 0 Å². The highest BCUT2D eigenvalue weighted by Gasteiger charge is 2.48. The van der Waals surface area contributed by atoms with Gasteiger partial charge in [0.1, 0.15) is 0 Å². The third-order valence-electron chi connectivity index (χ3n) is 9.14. The van der Waals surface area contributed by atoms with Crippen molar-refractivity contribution in [2.45, 2.75) is 103 Å². The number of piperidine rings is 1. The number of alkyl halides is 2. The number of aliphatic hydroxyl groups excluding tert-OH is 1. The molecule has 31 heavy (non-hydrogen) atoms. The zero-order valence-electron chi connectivity index (χ0n) is 19.5. The van der Waals surface area contributed by atoms with Crippen LogP contribution in [0.1, 0.15) is 90.4 Å². The van der Waals surface area contributed by atoms with E-state index in [1.807, 2.05) is 0 Å². The Morgan fingerprint density at radius 1 is 1.10 bits per heavy atom. The van der Waals surface area contributed by atoms with Gasteiger partial charge in [0.15, 0.2) is 0 Å². The molecule has 0 aromatic carbocycles. The van der Waals surface area contributed by atoms with Crippen LogP contribution < -0.4 is 0 Å². The molecule has 176 valence electrons. The molecule has 0 bridgehead atoms. The molecule has 0 aromatic rings. The Balaban J connectivity index is 1.34. The van der Waals surface area contributed by atoms with Crippen molar-refractivity contribution in [1.82, 2.24) is 4.90 Å². The second-order valence-electron chi connectivity index (χ2n) is 11.2. The van der Waals surface area contributed by atoms with Crippen molar-refractivity contribution in [3.05, 3.63) is 23.3 Å². The minimum absolute atomic E-state index is 0.0837. The topological polar surface area (TPSA) is 23.5 Å². The summed E-state index contributed by atoms with van der Waals surface area (Å²) in [5, 5.41) is 9.97. The first kappa shape index (κ1) is 23.4. The maximum absolute atomic E-state index is 12.8. The molecule has 5 atom stereocenters. The normalized spacial score (nSPS) is 40.0. The van der Waals surface area contributed by atoms with Crippen LogP contribution in [0.2, 0.25) is 0 Å². The Bertz CT molecular complexity index is 660. The van der Waals surface area contributed by atoms with Crippen molar-refractivity contribution in [2.75, 3.05) is 19.6 Å². The molecule has 1 N–H and O–H groups in total. The average Bonchev–Trinajstić information content (AvgIpc) is 3.07. The van der Waals surface area contributed by atoms with Gasteiger partial charge in [-0.15, -0.1) is 0 Å². The van der Waals surface area contributed by atoms with Crippen LogP contribution in [0.5, 0.6) is 0 Å². The highest BCUT2D eigenvalue weighted by Crippen LogP contribution is 2.58. The van der Waals surface area contributed by atoms with Crippen molar-refractivity contribution < 1.29 is 13.9 Å². The molecule has 4 aliphatic rings. The van der Waals surface area contributed by atoms with E-state index in [2.05, 4.69) is 24.0 Å². The summed E-state index contributed by atoms with van der Waals surface area (Å²) < 4.78 is 25.6. The molecule has 3 aliphatic carbocycles. The number of halogens is 2. The Kier molecular flexibility index (Phi) is 7.90. The van der Waals surface area contributed by atoms with Crippen molar-refractivity contribution in [3.8, 4) is 0 Å². The fraction of sp³-hybridized carbons (Fsp3) is 0.852. The minimum Gasteiger partial charge on any atom is -0.393 e. The summed E-state index contributed by atoms with van der Waals surface area (Å²) in [5.74, 6) is 1.67. The van der Waals surface area contributed by atoms with Gasteiger partial charge in [0.25, 0.3) is 0 Å². The second-order valence-corrected chi connectivity index (χ2v) is 11.2. The largest absolute Gasteiger partial charge is 0.393 e. The number of aliphatic hydroxyl groups is 1. The van der Waals surface area contributed by atoms with Crippen LogP contribution in [0.3, 0.4) is 0 Å². The highest BCUT2D eigenvalue weighted by atomic mass is 19.3. The van der Waals surface area contributed by atoms with Gasteiger partial charge in [-0.25, -0.2) is 8.78 Å². The molecule has 0 radical (unpaired) electrons. The SMILES string of the molecule is CC12CCC/C(=C\C=C3\CCCC(O)C3)C1CC[C@@H]2CCN1CCC[C@H](CC(F)F)C1. The van der Waals surface area contributed by atoms with Gasteiger partial charge in [-0.1, -0.05) is 30.2 Å². The van der Waals surface area contributed by atoms with Crippen molar-refractivity contribution in [3.63, 3.8) is 0 Å². The van der Waals surface area contributed by atoms with Crippen LogP contribution in [-0.2, 0) is 0 Å². The average molecular weight is 436 g/mol. The molecule has 3 unspecified atom stereocenters. The molecule has 0 spiro atoms. The fourth-order valence-corrected chi connectivity index (χ4v) is 7.41. The van der Waals surface area contributed by atoms with E-state index >= 15 is 0 Å². The summed E-state index contributed by atoms with van der Waals surface area (Å²) in [6.45, 7) is 5.60. The number of allylic oxidation sites excluding steroid dienone is 3. The molecule has 4 fully saturated rings. The number of rotatable bonds is 6. The zero-order chi connectivity index (χ0) is 21.8. The molecule has 1 saturated heterocycles. The molecule has 1 heterocycles. The maximum atomic E-state index is 12.8.